The van der Waals surface area contributed by atoms with Gasteiger partial charge in [0.15, 0.2) is 0 Å². The zero-order valence-corrected chi connectivity index (χ0v) is 11.4. The smallest absolute Gasteiger partial charge is 0.347 e. The van der Waals surface area contributed by atoms with Crippen molar-refractivity contribution >= 4 is 5.91 Å². The van der Waals surface area contributed by atoms with Crippen LogP contribution in [0.15, 0.2) is 18.3 Å². The molecule has 1 amide bonds. The van der Waals surface area contributed by atoms with Crippen LogP contribution in [0.2, 0.25) is 0 Å². The first kappa shape index (κ1) is 16.6. The minimum Gasteiger partial charge on any atom is -0.347 e. The number of unbranched alkanes of at least 4 members (excludes halogenated alkanes) is 1. The molecule has 7 heteroatoms. The summed E-state index contributed by atoms with van der Waals surface area (Å²) in [6.45, 7) is 1.11. The third kappa shape index (κ3) is 5.24. The minimum atomic E-state index is -4.36. The first-order valence-electron chi connectivity index (χ1n) is 6.60. The maximum absolute atomic E-state index is 12.4. The van der Waals surface area contributed by atoms with Gasteiger partial charge in [-0.05, 0) is 18.6 Å². The third-order valence-corrected chi connectivity index (χ3v) is 2.94. The van der Waals surface area contributed by atoms with Crippen molar-refractivity contribution in [3.05, 3.63) is 24.0 Å². The largest absolute Gasteiger partial charge is 0.406 e. The highest BCUT2D eigenvalue weighted by molar-refractivity contribution is 5.92. The van der Waals surface area contributed by atoms with Crippen molar-refractivity contribution in [3.63, 3.8) is 0 Å². The molecule has 1 heterocycles. The molecule has 0 spiro atoms. The van der Waals surface area contributed by atoms with Gasteiger partial charge in [-0.3, -0.25) is 4.79 Å². The van der Waals surface area contributed by atoms with Crippen molar-refractivity contribution in [1.29, 1.82) is 0 Å². The summed E-state index contributed by atoms with van der Waals surface area (Å²) in [5, 5.41) is 2.68. The van der Waals surface area contributed by atoms with Crippen LogP contribution >= 0.6 is 0 Å². The normalized spacial score (nSPS) is 13.2. The molecule has 1 aromatic rings. The topological polar surface area (TPSA) is 60.0 Å². The fraction of sp³-hybridized carbons (Fsp3) is 0.615. The summed E-state index contributed by atoms with van der Waals surface area (Å²) in [7, 11) is 0. The zero-order valence-electron chi connectivity index (χ0n) is 11.4. The molecular formula is C13H20F3N3O. The number of aromatic nitrogens is 1. The Morgan fingerprint density at radius 3 is 2.75 bits per heavy atom. The Kier molecular flexibility index (Phi) is 6.06. The van der Waals surface area contributed by atoms with Gasteiger partial charge >= 0.3 is 6.18 Å². The summed E-state index contributed by atoms with van der Waals surface area (Å²) in [6.07, 6.45) is -0.517. The predicted molar refractivity (Wildman–Crippen MR) is 70.3 cm³/mol. The van der Waals surface area contributed by atoms with Gasteiger partial charge in [0.25, 0.3) is 5.91 Å². The summed E-state index contributed by atoms with van der Waals surface area (Å²) < 4.78 is 38.0. The average molecular weight is 291 g/mol. The summed E-state index contributed by atoms with van der Waals surface area (Å²) in [4.78, 5) is 12.0. The van der Waals surface area contributed by atoms with Gasteiger partial charge < -0.3 is 15.6 Å². The number of hydrogen-bond acceptors (Lipinski definition) is 2. The molecule has 0 aliphatic heterocycles. The number of halogens is 3. The summed E-state index contributed by atoms with van der Waals surface area (Å²) >= 11 is 0. The van der Waals surface area contributed by atoms with Crippen LogP contribution in [0.25, 0.3) is 0 Å². The molecule has 1 aromatic heterocycles. The van der Waals surface area contributed by atoms with Gasteiger partial charge in [0.2, 0.25) is 0 Å². The van der Waals surface area contributed by atoms with Gasteiger partial charge in [-0.2, -0.15) is 13.2 Å². The van der Waals surface area contributed by atoms with E-state index in [1.54, 1.807) is 0 Å². The molecule has 0 aliphatic carbocycles. The Labute approximate surface area is 116 Å². The lowest BCUT2D eigenvalue weighted by atomic mass is 10.1. The third-order valence-electron chi connectivity index (χ3n) is 2.94. The molecule has 0 aliphatic rings. The lowest BCUT2D eigenvalue weighted by Crippen LogP contribution is -2.41. The second-order valence-corrected chi connectivity index (χ2v) is 4.68. The minimum absolute atomic E-state index is 0.00252. The van der Waals surface area contributed by atoms with Crippen LogP contribution in [0.1, 0.15) is 36.7 Å². The van der Waals surface area contributed by atoms with Crippen molar-refractivity contribution in [2.45, 2.75) is 44.9 Å². The van der Waals surface area contributed by atoms with Crippen molar-refractivity contribution in [2.24, 2.45) is 5.73 Å². The fourth-order valence-corrected chi connectivity index (χ4v) is 1.91. The SMILES string of the molecule is CCCCC(CN)NC(=O)c1cccn1CC(F)(F)F. The molecular weight excluding hydrogens is 271 g/mol. The van der Waals surface area contributed by atoms with Crippen LogP contribution in [0.4, 0.5) is 13.2 Å². The molecule has 114 valence electrons. The zero-order chi connectivity index (χ0) is 15.2. The Hall–Kier alpha value is -1.50. The second-order valence-electron chi connectivity index (χ2n) is 4.68. The number of nitrogens with one attached hydrogen (secondary N) is 1. The van der Waals surface area contributed by atoms with Crippen molar-refractivity contribution < 1.29 is 18.0 Å². The number of hydrogen-bond donors (Lipinski definition) is 2. The number of alkyl halides is 3. The van der Waals surface area contributed by atoms with Crippen molar-refractivity contribution in [2.75, 3.05) is 6.54 Å². The van der Waals surface area contributed by atoms with Gasteiger partial charge in [-0.1, -0.05) is 19.8 Å². The van der Waals surface area contributed by atoms with E-state index in [1.807, 2.05) is 6.92 Å². The summed E-state index contributed by atoms with van der Waals surface area (Å²) in [6, 6.07) is 2.58. The molecule has 20 heavy (non-hydrogen) atoms. The molecule has 0 saturated heterocycles. The number of nitrogens with zero attached hydrogens (tertiary/aromatic N) is 1. The molecule has 4 nitrogen and oxygen atoms in total. The highest BCUT2D eigenvalue weighted by Crippen LogP contribution is 2.19. The Morgan fingerprint density at radius 2 is 2.20 bits per heavy atom. The first-order chi connectivity index (χ1) is 9.37. The highest BCUT2D eigenvalue weighted by Gasteiger charge is 2.29. The van der Waals surface area contributed by atoms with E-state index in [2.05, 4.69) is 5.32 Å². The number of rotatable bonds is 7. The molecule has 0 fully saturated rings. The molecule has 0 saturated carbocycles. The van der Waals surface area contributed by atoms with E-state index in [0.717, 1.165) is 23.8 Å². The number of amides is 1. The van der Waals surface area contributed by atoms with E-state index in [-0.39, 0.29) is 18.3 Å². The van der Waals surface area contributed by atoms with E-state index < -0.39 is 18.6 Å². The Morgan fingerprint density at radius 1 is 1.50 bits per heavy atom. The lowest BCUT2D eigenvalue weighted by Gasteiger charge is -2.17. The molecule has 1 unspecified atom stereocenters. The van der Waals surface area contributed by atoms with E-state index in [4.69, 9.17) is 5.73 Å². The quantitative estimate of drug-likeness (QED) is 0.810. The first-order valence-corrected chi connectivity index (χ1v) is 6.60. The number of carbonyl (C=O) groups excluding carboxylic acids is 1. The molecule has 1 rings (SSSR count). The van der Waals surface area contributed by atoms with Crippen LogP contribution < -0.4 is 11.1 Å². The Balaban J connectivity index is 2.70. The maximum Gasteiger partial charge on any atom is 0.406 e. The second kappa shape index (κ2) is 7.33. The number of carbonyl (C=O) groups is 1. The van der Waals surface area contributed by atoms with Crippen LogP contribution in [-0.4, -0.2) is 29.2 Å². The van der Waals surface area contributed by atoms with Crippen LogP contribution in [0.3, 0.4) is 0 Å². The van der Waals surface area contributed by atoms with Crippen molar-refractivity contribution in [1.82, 2.24) is 9.88 Å². The lowest BCUT2D eigenvalue weighted by molar-refractivity contribution is -0.140. The van der Waals surface area contributed by atoms with E-state index in [0.29, 0.717) is 0 Å². The standard InChI is InChI=1S/C13H20F3N3O/c1-2-3-5-10(8-17)18-12(20)11-6-4-7-19(11)9-13(14,15)16/h4,6-7,10H,2-3,5,8-9,17H2,1H3,(H,18,20). The summed E-state index contributed by atoms with van der Waals surface area (Å²) in [5.74, 6) is -0.522. The van der Waals surface area contributed by atoms with Gasteiger partial charge in [-0.15, -0.1) is 0 Å². The fourth-order valence-electron chi connectivity index (χ4n) is 1.91. The molecule has 3 N–H and O–H groups in total. The van der Waals surface area contributed by atoms with Gasteiger partial charge in [0.05, 0.1) is 0 Å². The summed E-state index contributed by atoms with van der Waals surface area (Å²) in [5.41, 5.74) is 5.55. The monoisotopic (exact) mass is 291 g/mol. The van der Waals surface area contributed by atoms with Crippen LogP contribution in [0.5, 0.6) is 0 Å². The van der Waals surface area contributed by atoms with Gasteiger partial charge in [0, 0.05) is 18.8 Å². The Bertz CT molecular complexity index is 429. The van der Waals surface area contributed by atoms with E-state index in [9.17, 15) is 18.0 Å². The van der Waals surface area contributed by atoms with Gasteiger partial charge in [-0.25, -0.2) is 0 Å². The molecule has 1 atom stereocenters. The number of nitrogens with two attached hydrogens (primary N) is 1. The van der Waals surface area contributed by atoms with Crippen molar-refractivity contribution in [3.8, 4) is 0 Å². The molecule has 0 radical (unpaired) electrons. The molecule has 0 bridgehead atoms. The van der Waals surface area contributed by atoms with E-state index >= 15 is 0 Å². The maximum atomic E-state index is 12.4. The van der Waals surface area contributed by atoms with Crippen LogP contribution in [0, 0.1) is 0 Å². The van der Waals surface area contributed by atoms with Gasteiger partial charge in [0.1, 0.15) is 12.2 Å². The highest BCUT2D eigenvalue weighted by atomic mass is 19.4. The predicted octanol–water partition coefficient (Wildman–Crippen LogP) is 2.30. The van der Waals surface area contributed by atoms with Crippen LogP contribution in [-0.2, 0) is 6.54 Å². The van der Waals surface area contributed by atoms with E-state index in [1.165, 1.54) is 18.3 Å². The molecule has 0 aromatic carbocycles. The average Bonchev–Trinajstić information content (AvgIpc) is 2.80.